The van der Waals surface area contributed by atoms with Gasteiger partial charge in [0.25, 0.3) is 0 Å². The molecule has 0 fully saturated rings. The zero-order valence-electron chi connectivity index (χ0n) is 11.4. The van der Waals surface area contributed by atoms with Gasteiger partial charge in [-0.1, -0.05) is 63.3 Å². The van der Waals surface area contributed by atoms with Gasteiger partial charge >= 0.3 is 0 Å². The highest BCUT2D eigenvalue weighted by molar-refractivity contribution is 5.85. The minimum Gasteiger partial charge on any atom is -0.273 e. The SMILES string of the molecule is CC(C)(C)CC(=O)N=CC/C=C/c1ccccc1. The molecule has 1 aromatic carbocycles. The molecular formula is C16H21NO. The summed E-state index contributed by atoms with van der Waals surface area (Å²) < 4.78 is 0. The largest absolute Gasteiger partial charge is 0.273 e. The summed E-state index contributed by atoms with van der Waals surface area (Å²) in [5, 5.41) is 0. The number of amides is 1. The highest BCUT2D eigenvalue weighted by Gasteiger charge is 2.14. The minimum atomic E-state index is -0.0457. The molecule has 2 heteroatoms. The van der Waals surface area contributed by atoms with E-state index in [0.717, 1.165) is 5.56 Å². The molecular weight excluding hydrogens is 222 g/mol. The van der Waals surface area contributed by atoms with Crippen molar-refractivity contribution in [1.29, 1.82) is 0 Å². The predicted molar refractivity (Wildman–Crippen MR) is 77.7 cm³/mol. The van der Waals surface area contributed by atoms with E-state index in [4.69, 9.17) is 0 Å². The Balaban J connectivity index is 2.34. The van der Waals surface area contributed by atoms with E-state index in [-0.39, 0.29) is 11.3 Å². The highest BCUT2D eigenvalue weighted by Crippen LogP contribution is 2.18. The number of carbonyl (C=O) groups is 1. The van der Waals surface area contributed by atoms with Crippen LogP contribution in [0.5, 0.6) is 0 Å². The van der Waals surface area contributed by atoms with E-state index in [1.807, 2.05) is 63.3 Å². The normalized spacial score (nSPS) is 12.4. The van der Waals surface area contributed by atoms with Gasteiger partial charge in [0, 0.05) is 19.1 Å². The number of rotatable bonds is 4. The van der Waals surface area contributed by atoms with Crippen LogP contribution in [0.15, 0.2) is 41.4 Å². The molecule has 2 nitrogen and oxygen atoms in total. The summed E-state index contributed by atoms with van der Waals surface area (Å²) in [5.74, 6) is -0.0457. The van der Waals surface area contributed by atoms with Crippen LogP contribution in [0.3, 0.4) is 0 Å². The van der Waals surface area contributed by atoms with Crippen molar-refractivity contribution >= 4 is 18.2 Å². The maximum absolute atomic E-state index is 11.5. The second-order valence-electron chi connectivity index (χ2n) is 5.49. The molecule has 96 valence electrons. The molecule has 0 aliphatic heterocycles. The predicted octanol–water partition coefficient (Wildman–Crippen LogP) is 4.12. The third kappa shape index (κ3) is 6.79. The Morgan fingerprint density at radius 1 is 1.22 bits per heavy atom. The number of nitrogens with zero attached hydrogens (tertiary/aromatic N) is 1. The summed E-state index contributed by atoms with van der Waals surface area (Å²) in [6.45, 7) is 6.11. The first-order valence-electron chi connectivity index (χ1n) is 6.24. The quantitative estimate of drug-likeness (QED) is 0.731. The van der Waals surface area contributed by atoms with Crippen LogP contribution in [0.2, 0.25) is 0 Å². The van der Waals surface area contributed by atoms with E-state index in [2.05, 4.69) is 4.99 Å². The number of allylic oxidation sites excluding steroid dienone is 1. The summed E-state index contributed by atoms with van der Waals surface area (Å²) in [6, 6.07) is 10.1. The van der Waals surface area contributed by atoms with Crippen molar-refractivity contribution in [2.45, 2.75) is 33.6 Å². The molecule has 0 aromatic heterocycles. The molecule has 18 heavy (non-hydrogen) atoms. The third-order valence-corrected chi connectivity index (χ3v) is 2.27. The monoisotopic (exact) mass is 243 g/mol. The Kier molecular flexibility index (Phi) is 5.50. The Labute approximate surface area is 109 Å². The van der Waals surface area contributed by atoms with Crippen LogP contribution in [-0.4, -0.2) is 12.1 Å². The van der Waals surface area contributed by atoms with Gasteiger partial charge in [-0.3, -0.25) is 4.79 Å². The number of benzene rings is 1. The van der Waals surface area contributed by atoms with Crippen molar-refractivity contribution in [2.75, 3.05) is 0 Å². The maximum Gasteiger partial charge on any atom is 0.245 e. The van der Waals surface area contributed by atoms with Gasteiger partial charge in [0.15, 0.2) is 0 Å². The first kappa shape index (κ1) is 14.4. The molecule has 0 unspecified atom stereocenters. The van der Waals surface area contributed by atoms with Crippen molar-refractivity contribution in [1.82, 2.24) is 0 Å². The van der Waals surface area contributed by atoms with E-state index in [1.54, 1.807) is 6.21 Å². The van der Waals surface area contributed by atoms with Gasteiger partial charge in [-0.25, -0.2) is 4.99 Å². The zero-order chi connectivity index (χ0) is 13.4. The Morgan fingerprint density at radius 3 is 2.50 bits per heavy atom. The first-order chi connectivity index (χ1) is 8.47. The molecule has 0 N–H and O–H groups in total. The number of hydrogen-bond donors (Lipinski definition) is 0. The van der Waals surface area contributed by atoms with Crippen LogP contribution in [-0.2, 0) is 4.79 Å². The van der Waals surface area contributed by atoms with Crippen LogP contribution in [0, 0.1) is 5.41 Å². The fourth-order valence-corrected chi connectivity index (χ4v) is 1.48. The average Bonchev–Trinajstić information content (AvgIpc) is 2.27. The fourth-order valence-electron chi connectivity index (χ4n) is 1.48. The average molecular weight is 243 g/mol. The van der Waals surface area contributed by atoms with Gasteiger partial charge in [0.1, 0.15) is 0 Å². The lowest BCUT2D eigenvalue weighted by atomic mass is 9.92. The van der Waals surface area contributed by atoms with Crippen LogP contribution >= 0.6 is 0 Å². The first-order valence-corrected chi connectivity index (χ1v) is 6.24. The van der Waals surface area contributed by atoms with E-state index in [9.17, 15) is 4.79 Å². The summed E-state index contributed by atoms with van der Waals surface area (Å²) >= 11 is 0. The molecule has 0 aliphatic rings. The van der Waals surface area contributed by atoms with Crippen molar-refractivity contribution in [3.8, 4) is 0 Å². The molecule has 1 aromatic rings. The number of carbonyl (C=O) groups excluding carboxylic acids is 1. The van der Waals surface area contributed by atoms with E-state index in [0.29, 0.717) is 12.8 Å². The minimum absolute atomic E-state index is 0.00824. The summed E-state index contributed by atoms with van der Waals surface area (Å²) in [4.78, 5) is 15.4. The summed E-state index contributed by atoms with van der Waals surface area (Å²) in [5.41, 5.74) is 1.17. The molecule has 0 atom stereocenters. The molecule has 0 saturated heterocycles. The molecule has 0 radical (unpaired) electrons. The van der Waals surface area contributed by atoms with Gasteiger partial charge in [-0.05, 0) is 11.0 Å². The third-order valence-electron chi connectivity index (χ3n) is 2.27. The Hall–Kier alpha value is -1.70. The number of hydrogen-bond acceptors (Lipinski definition) is 1. The molecule has 0 saturated carbocycles. The smallest absolute Gasteiger partial charge is 0.245 e. The van der Waals surface area contributed by atoms with Crippen LogP contribution < -0.4 is 0 Å². The second kappa shape index (κ2) is 6.90. The lowest BCUT2D eigenvalue weighted by molar-refractivity contribution is -0.119. The van der Waals surface area contributed by atoms with Crippen molar-refractivity contribution in [3.63, 3.8) is 0 Å². The second-order valence-corrected chi connectivity index (χ2v) is 5.49. The molecule has 0 aliphatic carbocycles. The number of aliphatic imine (C=N–C) groups is 1. The zero-order valence-corrected chi connectivity index (χ0v) is 11.4. The highest BCUT2D eigenvalue weighted by atomic mass is 16.1. The van der Waals surface area contributed by atoms with Gasteiger partial charge in [-0.2, -0.15) is 0 Å². The van der Waals surface area contributed by atoms with Crippen LogP contribution in [0.1, 0.15) is 39.2 Å². The topological polar surface area (TPSA) is 29.4 Å². The van der Waals surface area contributed by atoms with Crippen molar-refractivity contribution < 1.29 is 4.79 Å². The van der Waals surface area contributed by atoms with Gasteiger partial charge in [0.05, 0.1) is 0 Å². The van der Waals surface area contributed by atoms with Crippen LogP contribution in [0.4, 0.5) is 0 Å². The lowest BCUT2D eigenvalue weighted by Gasteiger charge is -2.14. The lowest BCUT2D eigenvalue weighted by Crippen LogP contribution is -2.11. The molecule has 0 heterocycles. The van der Waals surface area contributed by atoms with Gasteiger partial charge in [-0.15, -0.1) is 0 Å². The van der Waals surface area contributed by atoms with Crippen molar-refractivity contribution in [2.24, 2.45) is 10.4 Å². The van der Waals surface area contributed by atoms with E-state index in [1.165, 1.54) is 0 Å². The molecule has 0 spiro atoms. The van der Waals surface area contributed by atoms with E-state index < -0.39 is 0 Å². The standard InChI is InChI=1S/C16H21NO/c1-16(2,3)13-15(18)17-12-8-7-11-14-9-5-4-6-10-14/h4-7,9-12H,8,13H2,1-3H3/b11-7+,17-12?. The van der Waals surface area contributed by atoms with Crippen LogP contribution in [0.25, 0.3) is 6.08 Å². The molecule has 1 rings (SSSR count). The van der Waals surface area contributed by atoms with Gasteiger partial charge in [0.2, 0.25) is 5.91 Å². The molecule has 0 bridgehead atoms. The van der Waals surface area contributed by atoms with E-state index >= 15 is 0 Å². The summed E-state index contributed by atoms with van der Waals surface area (Å²) in [7, 11) is 0. The molecule has 1 amide bonds. The fraction of sp³-hybridized carbons (Fsp3) is 0.375. The summed E-state index contributed by atoms with van der Waals surface area (Å²) in [6.07, 6.45) is 6.88. The van der Waals surface area contributed by atoms with Crippen molar-refractivity contribution in [3.05, 3.63) is 42.0 Å². The van der Waals surface area contributed by atoms with Gasteiger partial charge < -0.3 is 0 Å². The Morgan fingerprint density at radius 2 is 1.89 bits per heavy atom. The maximum atomic E-state index is 11.5. The Bertz CT molecular complexity index is 424.